The van der Waals surface area contributed by atoms with Crippen LogP contribution in [0.2, 0.25) is 0 Å². The van der Waals surface area contributed by atoms with Crippen molar-refractivity contribution >= 4 is 21.6 Å². The van der Waals surface area contributed by atoms with Crippen LogP contribution in [0.5, 0.6) is 0 Å². The predicted octanol–water partition coefficient (Wildman–Crippen LogP) is 1.06. The molecule has 1 aromatic rings. The average Bonchev–Trinajstić information content (AvgIpc) is 2.48. The molecule has 0 radical (unpaired) electrons. The van der Waals surface area contributed by atoms with Gasteiger partial charge in [-0.2, -0.15) is 5.10 Å². The van der Waals surface area contributed by atoms with E-state index in [0.29, 0.717) is 10.5 Å². The fourth-order valence-corrected chi connectivity index (χ4v) is 2.75. The Hall–Kier alpha value is -0.920. The molecule has 2 rings (SSSR count). The first kappa shape index (κ1) is 15.5. The minimum absolute atomic E-state index is 0.138. The molecule has 20 heavy (non-hydrogen) atoms. The third-order valence-electron chi connectivity index (χ3n) is 3.81. The molecule has 1 aliphatic heterocycles. The molecule has 1 aromatic heterocycles. The van der Waals surface area contributed by atoms with E-state index in [1.54, 1.807) is 13.2 Å². The van der Waals surface area contributed by atoms with E-state index in [-0.39, 0.29) is 11.6 Å². The van der Waals surface area contributed by atoms with Gasteiger partial charge in [0.2, 0.25) is 0 Å². The van der Waals surface area contributed by atoms with Crippen molar-refractivity contribution < 1.29 is 4.74 Å². The van der Waals surface area contributed by atoms with Crippen LogP contribution in [-0.2, 0) is 11.8 Å². The Bertz CT molecular complexity index is 514. The number of nitrogens with one attached hydrogen (secondary N) is 1. The van der Waals surface area contributed by atoms with Gasteiger partial charge >= 0.3 is 0 Å². The largest absolute Gasteiger partial charge is 0.379 e. The molecule has 0 amide bonds. The molecule has 6 nitrogen and oxygen atoms in total. The highest BCUT2D eigenvalue weighted by molar-refractivity contribution is 9.10. The minimum Gasteiger partial charge on any atom is -0.379 e. The second kappa shape index (κ2) is 6.69. The molecule has 1 fully saturated rings. The van der Waals surface area contributed by atoms with Gasteiger partial charge in [0.25, 0.3) is 5.56 Å². The van der Waals surface area contributed by atoms with Gasteiger partial charge in [-0.05, 0) is 29.8 Å². The van der Waals surface area contributed by atoms with Crippen LogP contribution in [0, 0.1) is 0 Å². The average molecular weight is 345 g/mol. The highest BCUT2D eigenvalue weighted by Gasteiger charge is 2.22. The van der Waals surface area contributed by atoms with E-state index in [4.69, 9.17) is 4.74 Å². The van der Waals surface area contributed by atoms with Crippen LogP contribution in [0.4, 0.5) is 5.69 Å². The van der Waals surface area contributed by atoms with Crippen LogP contribution in [0.3, 0.4) is 0 Å². The molecule has 112 valence electrons. The number of hydrogen-bond acceptors (Lipinski definition) is 5. The molecule has 0 spiro atoms. The van der Waals surface area contributed by atoms with E-state index in [9.17, 15) is 4.79 Å². The Balaban J connectivity index is 2.05. The molecule has 7 heteroatoms. The Morgan fingerprint density at radius 1 is 1.40 bits per heavy atom. The Kier molecular flexibility index (Phi) is 5.17. The molecule has 1 N–H and O–H groups in total. The summed E-state index contributed by atoms with van der Waals surface area (Å²) in [7, 11) is 1.64. The zero-order valence-electron chi connectivity index (χ0n) is 12.1. The number of hydrogen-bond donors (Lipinski definition) is 1. The van der Waals surface area contributed by atoms with Crippen LogP contribution in [0.1, 0.15) is 13.8 Å². The summed E-state index contributed by atoms with van der Waals surface area (Å²) in [5.41, 5.74) is 0.599. The van der Waals surface area contributed by atoms with E-state index >= 15 is 0 Å². The van der Waals surface area contributed by atoms with Crippen molar-refractivity contribution in [3.63, 3.8) is 0 Å². The summed E-state index contributed by atoms with van der Waals surface area (Å²) < 4.78 is 7.21. The third-order valence-corrected chi connectivity index (χ3v) is 4.57. The number of aryl methyl sites for hydroxylation is 1. The van der Waals surface area contributed by atoms with Crippen molar-refractivity contribution in [2.24, 2.45) is 7.05 Å². The van der Waals surface area contributed by atoms with Crippen molar-refractivity contribution in [3.8, 4) is 0 Å². The smallest absolute Gasteiger partial charge is 0.282 e. The van der Waals surface area contributed by atoms with E-state index < -0.39 is 0 Å². The zero-order chi connectivity index (χ0) is 14.7. The summed E-state index contributed by atoms with van der Waals surface area (Å²) in [4.78, 5) is 14.2. The van der Waals surface area contributed by atoms with Gasteiger partial charge in [0.1, 0.15) is 4.47 Å². The molecule has 0 aromatic carbocycles. The lowest BCUT2D eigenvalue weighted by atomic mass is 10.1. The van der Waals surface area contributed by atoms with Crippen molar-refractivity contribution in [1.82, 2.24) is 14.7 Å². The van der Waals surface area contributed by atoms with Gasteiger partial charge in [-0.1, -0.05) is 0 Å². The maximum Gasteiger partial charge on any atom is 0.282 e. The molecule has 2 heterocycles. The molecular formula is C13H21BrN4O2. The summed E-state index contributed by atoms with van der Waals surface area (Å²) in [5.74, 6) is 0. The van der Waals surface area contributed by atoms with Gasteiger partial charge in [-0.25, -0.2) is 4.68 Å². The lowest BCUT2D eigenvalue weighted by molar-refractivity contribution is 0.0176. The molecule has 2 atom stereocenters. The first-order valence-electron chi connectivity index (χ1n) is 6.81. The summed E-state index contributed by atoms with van der Waals surface area (Å²) in [6.07, 6.45) is 1.67. The second-order valence-electron chi connectivity index (χ2n) is 5.12. The van der Waals surface area contributed by atoms with E-state index in [0.717, 1.165) is 32.0 Å². The zero-order valence-corrected chi connectivity index (χ0v) is 13.7. The summed E-state index contributed by atoms with van der Waals surface area (Å²) in [5, 5.41) is 7.41. The van der Waals surface area contributed by atoms with Crippen molar-refractivity contribution in [3.05, 3.63) is 21.0 Å². The van der Waals surface area contributed by atoms with Crippen molar-refractivity contribution in [1.29, 1.82) is 0 Å². The minimum atomic E-state index is -0.138. The lowest BCUT2D eigenvalue weighted by Gasteiger charge is -2.36. The summed E-state index contributed by atoms with van der Waals surface area (Å²) in [6, 6.07) is 0.563. The molecule has 0 aliphatic carbocycles. The van der Waals surface area contributed by atoms with E-state index in [1.807, 2.05) is 0 Å². The Labute approximate surface area is 127 Å². The van der Waals surface area contributed by atoms with Crippen LogP contribution >= 0.6 is 15.9 Å². The molecular weight excluding hydrogens is 324 g/mol. The fourth-order valence-electron chi connectivity index (χ4n) is 2.28. The first-order chi connectivity index (χ1) is 9.50. The molecule has 2 unspecified atom stereocenters. The van der Waals surface area contributed by atoms with Gasteiger partial charge < -0.3 is 10.1 Å². The number of nitrogens with zero attached hydrogens (tertiary/aromatic N) is 3. The quantitative estimate of drug-likeness (QED) is 0.885. The molecule has 0 bridgehead atoms. The summed E-state index contributed by atoms with van der Waals surface area (Å²) >= 11 is 3.34. The first-order valence-corrected chi connectivity index (χ1v) is 7.60. The highest BCUT2D eigenvalue weighted by atomic mass is 79.9. The lowest BCUT2D eigenvalue weighted by Crippen LogP contribution is -2.48. The van der Waals surface area contributed by atoms with E-state index in [2.05, 4.69) is 45.1 Å². The maximum atomic E-state index is 11.8. The van der Waals surface area contributed by atoms with Crippen molar-refractivity contribution in [2.45, 2.75) is 25.9 Å². The normalized spacial score (nSPS) is 19.6. The SMILES string of the molecule is CC(Nc1cnn(C)c(=O)c1Br)C(C)N1CCOCC1. The molecule has 0 saturated carbocycles. The number of rotatable bonds is 4. The van der Waals surface area contributed by atoms with Gasteiger partial charge in [0, 0.05) is 32.2 Å². The fraction of sp³-hybridized carbons (Fsp3) is 0.692. The van der Waals surface area contributed by atoms with E-state index in [1.165, 1.54) is 4.68 Å². The molecule has 1 aliphatic rings. The van der Waals surface area contributed by atoms with Crippen LogP contribution in [0.15, 0.2) is 15.5 Å². The molecule has 1 saturated heterocycles. The Morgan fingerprint density at radius 3 is 2.70 bits per heavy atom. The van der Waals surface area contributed by atoms with Gasteiger partial charge in [-0.3, -0.25) is 9.69 Å². The Morgan fingerprint density at radius 2 is 2.05 bits per heavy atom. The number of aromatic nitrogens is 2. The maximum absolute atomic E-state index is 11.8. The number of morpholine rings is 1. The number of halogens is 1. The van der Waals surface area contributed by atoms with Crippen LogP contribution in [-0.4, -0.2) is 53.1 Å². The van der Waals surface area contributed by atoms with Crippen LogP contribution in [0.25, 0.3) is 0 Å². The predicted molar refractivity (Wildman–Crippen MR) is 82.1 cm³/mol. The number of ether oxygens (including phenoxy) is 1. The monoisotopic (exact) mass is 344 g/mol. The van der Waals surface area contributed by atoms with Crippen molar-refractivity contribution in [2.75, 3.05) is 31.6 Å². The highest BCUT2D eigenvalue weighted by Crippen LogP contribution is 2.19. The second-order valence-corrected chi connectivity index (χ2v) is 5.92. The third kappa shape index (κ3) is 3.39. The topological polar surface area (TPSA) is 59.4 Å². The van der Waals surface area contributed by atoms with Crippen LogP contribution < -0.4 is 10.9 Å². The van der Waals surface area contributed by atoms with Gasteiger partial charge in [0.05, 0.1) is 25.1 Å². The number of anilines is 1. The van der Waals surface area contributed by atoms with Gasteiger partial charge in [-0.15, -0.1) is 0 Å². The van der Waals surface area contributed by atoms with Gasteiger partial charge in [0.15, 0.2) is 0 Å². The summed E-state index contributed by atoms with van der Waals surface area (Å²) in [6.45, 7) is 7.77. The standard InChI is InChI=1S/C13H21BrN4O2/c1-9(10(2)18-4-6-20-7-5-18)16-11-8-15-17(3)13(19)12(11)14/h8-10,16H,4-7H2,1-3H3.